The normalized spacial score (nSPS) is 16.5. The van der Waals surface area contributed by atoms with Crippen LogP contribution < -0.4 is 0 Å². The van der Waals surface area contributed by atoms with E-state index in [2.05, 4.69) is 68.7 Å². The summed E-state index contributed by atoms with van der Waals surface area (Å²) in [4.78, 5) is 3.06. The van der Waals surface area contributed by atoms with Gasteiger partial charge in [-0.15, -0.1) is 0 Å². The van der Waals surface area contributed by atoms with Gasteiger partial charge in [-0.25, -0.2) is 4.98 Å². The van der Waals surface area contributed by atoms with Gasteiger partial charge in [0.1, 0.15) is 0 Å². The van der Waals surface area contributed by atoms with Crippen LogP contribution in [0.4, 0.5) is 19.4 Å². The van der Waals surface area contributed by atoms with Crippen molar-refractivity contribution in [2.75, 3.05) is 0 Å². The van der Waals surface area contributed by atoms with Crippen LogP contribution in [0.5, 0.6) is 0 Å². The number of rotatable bonds is 1. The van der Waals surface area contributed by atoms with Gasteiger partial charge >= 0.3 is 10.2 Å². The molecule has 0 atom stereocenters. The van der Waals surface area contributed by atoms with Crippen molar-refractivity contribution in [2.24, 2.45) is 0 Å². The Morgan fingerprint density at radius 2 is 1.26 bits per heavy atom. The summed E-state index contributed by atoms with van der Waals surface area (Å²) in [7, 11) is -9.77. The Balaban J connectivity index is 2.95. The van der Waals surface area contributed by atoms with Gasteiger partial charge in [0, 0.05) is 8.95 Å². The summed E-state index contributed by atoms with van der Waals surface area (Å²) < 4.78 is 62.8. The molecule has 0 amide bonds. The number of aromatic nitrogens is 1. The minimum absolute atomic E-state index is 0.0230. The van der Waals surface area contributed by atoms with E-state index in [1.54, 1.807) is 0 Å². The first kappa shape index (κ1) is 16.4. The van der Waals surface area contributed by atoms with E-state index in [9.17, 15) is 19.4 Å². The summed E-state index contributed by atoms with van der Waals surface area (Å²) in [5, 5.41) is 0. The monoisotopic (exact) mass is 573 g/mol. The van der Waals surface area contributed by atoms with Crippen LogP contribution in [-0.4, -0.2) is 4.98 Å². The molecule has 2 aromatic rings. The summed E-state index contributed by atoms with van der Waals surface area (Å²) in [6, 6.07) is 0. The van der Waals surface area contributed by atoms with E-state index >= 15 is 0 Å². The maximum absolute atomic E-state index is 12.7. The molecule has 0 spiro atoms. The molecule has 0 radical (unpaired) electrons. The highest BCUT2D eigenvalue weighted by Gasteiger charge is 2.68. The molecule has 0 N–H and O–H groups in total. The van der Waals surface area contributed by atoms with E-state index < -0.39 is 14.6 Å². The maximum Gasteiger partial charge on any atom is 0.334 e. The fraction of sp³-hybridized carbons (Fsp3) is 0. The number of thiazole rings is 1. The van der Waals surface area contributed by atoms with Crippen molar-refractivity contribution in [1.82, 2.24) is 4.98 Å². The molecule has 0 aliphatic rings. The Kier molecular flexibility index (Phi) is 3.51. The highest BCUT2D eigenvalue weighted by molar-refractivity contribution is 9.15. The van der Waals surface area contributed by atoms with Crippen LogP contribution in [0.25, 0.3) is 10.2 Å². The zero-order chi connectivity index (χ0) is 14.9. The molecule has 1 aromatic carbocycles. The number of hydrogen-bond donors (Lipinski definition) is 0. The Bertz CT molecular complexity index is 665. The van der Waals surface area contributed by atoms with Crippen LogP contribution in [-0.2, 0) is 0 Å². The van der Waals surface area contributed by atoms with Crippen LogP contribution >= 0.6 is 85.3 Å². The van der Waals surface area contributed by atoms with Gasteiger partial charge in [-0.3, -0.25) is 0 Å². The van der Waals surface area contributed by atoms with Crippen LogP contribution in [0.2, 0.25) is 0 Å². The molecule has 12 heteroatoms. The predicted octanol–water partition coefficient (Wildman–Crippen LogP) is 8.00. The van der Waals surface area contributed by atoms with Crippen molar-refractivity contribution >= 4 is 95.5 Å². The molecule has 0 saturated heterocycles. The smallest absolute Gasteiger partial charge is 0.220 e. The molecule has 2 rings (SSSR count). The first-order valence-electron chi connectivity index (χ1n) is 4.09. The maximum atomic E-state index is 12.7. The minimum Gasteiger partial charge on any atom is -0.220 e. The lowest BCUT2D eigenvalue weighted by atomic mass is 10.3. The van der Waals surface area contributed by atoms with E-state index in [0.29, 0.717) is 8.95 Å². The van der Waals surface area contributed by atoms with Gasteiger partial charge in [-0.2, -0.15) is 0 Å². The summed E-state index contributed by atoms with van der Waals surface area (Å²) in [6.45, 7) is 0. The molecule has 1 aromatic heterocycles. The molecule has 0 unspecified atom stereocenters. The number of benzene rings is 1. The van der Waals surface area contributed by atoms with Gasteiger partial charge in [0.05, 0.1) is 19.2 Å². The van der Waals surface area contributed by atoms with Crippen LogP contribution in [0.1, 0.15) is 0 Å². The molecular formula is C7Br4F5NS2. The zero-order valence-corrected chi connectivity index (χ0v) is 16.1. The van der Waals surface area contributed by atoms with Crippen molar-refractivity contribution in [1.29, 1.82) is 0 Å². The van der Waals surface area contributed by atoms with Gasteiger partial charge in [-0.1, -0.05) is 30.8 Å². The van der Waals surface area contributed by atoms with Gasteiger partial charge < -0.3 is 0 Å². The first-order valence-corrected chi connectivity index (χ1v) is 10.0. The lowest BCUT2D eigenvalue weighted by molar-refractivity contribution is 0.363. The van der Waals surface area contributed by atoms with E-state index in [0.717, 1.165) is 0 Å². The summed E-state index contributed by atoms with van der Waals surface area (Å²) in [6.07, 6.45) is 0. The molecule has 0 saturated carbocycles. The van der Waals surface area contributed by atoms with Crippen LogP contribution in [0, 0.1) is 0 Å². The third-order valence-electron chi connectivity index (χ3n) is 1.92. The standard InChI is InChI=1S/C7Br4F5NS2/c8-1-2(9)4(11)6-5(3(1)10)17-7(18-6)19(12,13,14,15)16. The van der Waals surface area contributed by atoms with E-state index in [-0.39, 0.29) is 30.5 Å². The molecule has 0 aliphatic heterocycles. The third-order valence-corrected chi connectivity index (χ3v) is 9.75. The van der Waals surface area contributed by atoms with Crippen molar-refractivity contribution in [3.63, 3.8) is 0 Å². The molecule has 0 bridgehead atoms. The number of hydrogen-bond acceptors (Lipinski definition) is 2. The Hall–Kier alpha value is 1.03. The van der Waals surface area contributed by atoms with Crippen molar-refractivity contribution in [3.8, 4) is 0 Å². The number of nitrogens with zero attached hydrogens (tertiary/aromatic N) is 1. The molecule has 1 heterocycles. The number of halogens is 9. The Morgan fingerprint density at radius 3 is 1.74 bits per heavy atom. The topological polar surface area (TPSA) is 12.9 Å². The molecule has 1 nitrogen and oxygen atoms in total. The molecular weight excluding hydrogens is 577 g/mol. The zero-order valence-electron chi connectivity index (χ0n) is 8.17. The summed E-state index contributed by atoms with van der Waals surface area (Å²) >= 11 is 12.2. The lowest BCUT2D eigenvalue weighted by Gasteiger charge is -2.37. The predicted molar refractivity (Wildman–Crippen MR) is 81.8 cm³/mol. The van der Waals surface area contributed by atoms with Crippen LogP contribution in [0.15, 0.2) is 22.2 Å². The van der Waals surface area contributed by atoms with Crippen molar-refractivity contribution in [3.05, 3.63) is 17.9 Å². The molecule has 108 valence electrons. The summed E-state index contributed by atoms with van der Waals surface area (Å²) in [5.41, 5.74) is -0.185. The van der Waals surface area contributed by atoms with E-state index in [1.807, 2.05) is 0 Å². The van der Waals surface area contributed by atoms with Gasteiger partial charge in [0.25, 0.3) is 4.34 Å². The SMILES string of the molecule is FS(F)(F)(F)(F)c1nc2c(Br)c(Br)c(Br)c(Br)c2s1. The van der Waals surface area contributed by atoms with E-state index in [4.69, 9.17) is 0 Å². The molecule has 0 fully saturated rings. The average Bonchev–Trinajstić information content (AvgIpc) is 2.66. The second-order valence-electron chi connectivity index (χ2n) is 3.38. The van der Waals surface area contributed by atoms with Crippen LogP contribution in [0.3, 0.4) is 0 Å². The average molecular weight is 577 g/mol. The van der Waals surface area contributed by atoms with Crippen molar-refractivity contribution < 1.29 is 19.4 Å². The second-order valence-corrected chi connectivity index (χ2v) is 10.1. The summed E-state index contributed by atoms with van der Waals surface area (Å²) in [5.74, 6) is 0. The Morgan fingerprint density at radius 1 is 0.789 bits per heavy atom. The first-order chi connectivity index (χ1) is 8.22. The lowest BCUT2D eigenvalue weighted by Crippen LogP contribution is -2.04. The van der Waals surface area contributed by atoms with Crippen molar-refractivity contribution in [2.45, 2.75) is 4.34 Å². The highest BCUT2D eigenvalue weighted by atomic mass is 79.9. The third kappa shape index (κ3) is 2.98. The fourth-order valence-corrected chi connectivity index (χ4v) is 5.74. The van der Waals surface area contributed by atoms with Gasteiger partial charge in [-0.05, 0) is 63.7 Å². The number of fused-ring (bicyclic) bond motifs is 1. The highest BCUT2D eigenvalue weighted by Crippen LogP contribution is 3.02. The van der Waals surface area contributed by atoms with Gasteiger partial charge in [0.2, 0.25) is 0 Å². The van der Waals surface area contributed by atoms with E-state index in [1.165, 1.54) is 0 Å². The quantitative estimate of drug-likeness (QED) is 0.190. The molecule has 0 aliphatic carbocycles. The molecule has 19 heavy (non-hydrogen) atoms. The second kappa shape index (κ2) is 4.06. The Labute approximate surface area is 141 Å². The minimum atomic E-state index is -9.77. The fourth-order valence-electron chi connectivity index (χ4n) is 1.16. The van der Waals surface area contributed by atoms with Gasteiger partial charge in [0.15, 0.2) is 0 Å². The largest absolute Gasteiger partial charge is 0.334 e.